The molecule has 2 aliphatic heterocycles. The summed E-state index contributed by atoms with van der Waals surface area (Å²) >= 11 is 0. The summed E-state index contributed by atoms with van der Waals surface area (Å²) < 4.78 is 5.89. The maximum atomic E-state index is 5.89. The minimum Gasteiger partial charge on any atom is -0.378 e. The van der Waals surface area contributed by atoms with E-state index in [4.69, 9.17) is 4.74 Å². The first-order chi connectivity index (χ1) is 9.33. The van der Waals surface area contributed by atoms with Crippen LogP contribution in [-0.2, 0) is 4.74 Å². The van der Waals surface area contributed by atoms with Gasteiger partial charge in [0.15, 0.2) is 0 Å². The average molecular weight is 268 g/mol. The van der Waals surface area contributed by atoms with E-state index in [2.05, 4.69) is 24.1 Å². The Kier molecular flexibility index (Phi) is 6.62. The van der Waals surface area contributed by atoms with Crippen molar-refractivity contribution in [3.63, 3.8) is 0 Å². The van der Waals surface area contributed by atoms with E-state index < -0.39 is 0 Å². The molecule has 0 aliphatic carbocycles. The van der Waals surface area contributed by atoms with Gasteiger partial charge >= 0.3 is 0 Å². The van der Waals surface area contributed by atoms with Gasteiger partial charge in [0, 0.05) is 19.2 Å². The minimum absolute atomic E-state index is 0.516. The van der Waals surface area contributed by atoms with E-state index in [-0.39, 0.29) is 0 Å². The molecule has 2 rings (SSSR count). The van der Waals surface area contributed by atoms with Gasteiger partial charge in [0.25, 0.3) is 0 Å². The maximum Gasteiger partial charge on any atom is 0.0590 e. The van der Waals surface area contributed by atoms with Crippen molar-refractivity contribution in [2.45, 2.75) is 64.5 Å². The lowest BCUT2D eigenvalue weighted by Gasteiger charge is -2.39. The highest BCUT2D eigenvalue weighted by Crippen LogP contribution is 2.24. The maximum absolute atomic E-state index is 5.89. The molecule has 0 spiro atoms. The molecule has 0 saturated carbocycles. The Bertz CT molecular complexity index is 239. The number of hydrogen-bond donors (Lipinski definition) is 1. The lowest BCUT2D eigenvalue weighted by molar-refractivity contribution is -0.0330. The van der Waals surface area contributed by atoms with Gasteiger partial charge < -0.3 is 15.0 Å². The summed E-state index contributed by atoms with van der Waals surface area (Å²) in [5.74, 6) is 0.862. The molecule has 3 nitrogen and oxygen atoms in total. The summed E-state index contributed by atoms with van der Waals surface area (Å²) in [6.45, 7) is 10.5. The summed E-state index contributed by atoms with van der Waals surface area (Å²) in [6.07, 6.45) is 8.24. The highest BCUT2D eigenvalue weighted by atomic mass is 16.5. The van der Waals surface area contributed by atoms with Crippen LogP contribution in [0.2, 0.25) is 0 Å². The van der Waals surface area contributed by atoms with Crippen molar-refractivity contribution >= 4 is 0 Å². The predicted octanol–water partition coefficient (Wildman–Crippen LogP) is 2.66. The molecule has 2 aliphatic rings. The van der Waals surface area contributed by atoms with Gasteiger partial charge in [-0.05, 0) is 57.7 Å². The van der Waals surface area contributed by atoms with Crippen LogP contribution in [0.4, 0.5) is 0 Å². The SMILES string of the molecule is CCCC1CC(N(CC)CC2CCCNC2)CCO1. The second-order valence-corrected chi connectivity index (χ2v) is 6.26. The zero-order valence-corrected chi connectivity index (χ0v) is 12.9. The largest absolute Gasteiger partial charge is 0.378 e. The standard InChI is InChI=1S/C16H32N2O/c1-3-6-16-11-15(8-10-19-16)18(4-2)13-14-7-5-9-17-12-14/h14-17H,3-13H2,1-2H3. The van der Waals surface area contributed by atoms with E-state index in [1.54, 1.807) is 0 Å². The van der Waals surface area contributed by atoms with Crippen molar-refractivity contribution in [3.8, 4) is 0 Å². The molecule has 112 valence electrons. The van der Waals surface area contributed by atoms with Gasteiger partial charge in [-0.15, -0.1) is 0 Å². The fourth-order valence-electron chi connectivity index (χ4n) is 3.66. The van der Waals surface area contributed by atoms with Crippen molar-refractivity contribution in [1.29, 1.82) is 0 Å². The monoisotopic (exact) mass is 268 g/mol. The molecule has 1 N–H and O–H groups in total. The topological polar surface area (TPSA) is 24.5 Å². The average Bonchev–Trinajstić information content (AvgIpc) is 2.46. The Hall–Kier alpha value is -0.120. The zero-order chi connectivity index (χ0) is 13.5. The van der Waals surface area contributed by atoms with Gasteiger partial charge in [0.1, 0.15) is 0 Å². The van der Waals surface area contributed by atoms with E-state index in [1.807, 2.05) is 0 Å². The third-order valence-electron chi connectivity index (χ3n) is 4.76. The molecule has 0 aromatic rings. The lowest BCUT2D eigenvalue weighted by atomic mass is 9.95. The van der Waals surface area contributed by atoms with Crippen molar-refractivity contribution in [2.24, 2.45) is 5.92 Å². The number of hydrogen-bond acceptors (Lipinski definition) is 3. The summed E-state index contributed by atoms with van der Waals surface area (Å²) in [4.78, 5) is 2.73. The van der Waals surface area contributed by atoms with Crippen LogP contribution in [0.25, 0.3) is 0 Å². The van der Waals surface area contributed by atoms with Gasteiger partial charge in [0.05, 0.1) is 6.10 Å². The molecule has 0 aromatic heterocycles. The van der Waals surface area contributed by atoms with Crippen molar-refractivity contribution in [3.05, 3.63) is 0 Å². The number of nitrogens with one attached hydrogen (secondary N) is 1. The third kappa shape index (κ3) is 4.73. The summed E-state index contributed by atoms with van der Waals surface area (Å²) in [7, 11) is 0. The van der Waals surface area contributed by atoms with Gasteiger partial charge in [-0.2, -0.15) is 0 Å². The Labute approximate surface area is 119 Å². The Morgan fingerprint density at radius 2 is 2.16 bits per heavy atom. The molecule has 0 bridgehead atoms. The molecule has 0 aromatic carbocycles. The minimum atomic E-state index is 0.516. The number of nitrogens with zero attached hydrogens (tertiary/aromatic N) is 1. The van der Waals surface area contributed by atoms with Crippen LogP contribution < -0.4 is 5.32 Å². The van der Waals surface area contributed by atoms with E-state index >= 15 is 0 Å². The molecule has 0 amide bonds. The van der Waals surface area contributed by atoms with Crippen LogP contribution in [0.5, 0.6) is 0 Å². The van der Waals surface area contributed by atoms with Crippen LogP contribution in [0.3, 0.4) is 0 Å². The molecule has 19 heavy (non-hydrogen) atoms. The number of ether oxygens (including phenoxy) is 1. The van der Waals surface area contributed by atoms with Gasteiger partial charge in [-0.25, -0.2) is 0 Å². The highest BCUT2D eigenvalue weighted by molar-refractivity contribution is 4.82. The molecular weight excluding hydrogens is 236 g/mol. The summed E-state index contributed by atoms with van der Waals surface area (Å²) in [5, 5.41) is 3.54. The number of piperidine rings is 1. The van der Waals surface area contributed by atoms with Gasteiger partial charge in [-0.3, -0.25) is 0 Å². The van der Waals surface area contributed by atoms with Crippen LogP contribution in [0.1, 0.15) is 52.4 Å². The molecule has 2 heterocycles. The van der Waals surface area contributed by atoms with Crippen LogP contribution in [0, 0.1) is 5.92 Å². The van der Waals surface area contributed by atoms with E-state index in [9.17, 15) is 0 Å². The lowest BCUT2D eigenvalue weighted by Crippen LogP contribution is -2.46. The third-order valence-corrected chi connectivity index (χ3v) is 4.76. The van der Waals surface area contributed by atoms with Gasteiger partial charge in [-0.1, -0.05) is 20.3 Å². The van der Waals surface area contributed by atoms with Crippen LogP contribution in [0.15, 0.2) is 0 Å². The Morgan fingerprint density at radius 3 is 2.84 bits per heavy atom. The molecule has 3 heteroatoms. The smallest absolute Gasteiger partial charge is 0.0590 e. The zero-order valence-electron chi connectivity index (χ0n) is 12.9. The summed E-state index contributed by atoms with van der Waals surface area (Å²) in [5.41, 5.74) is 0. The first-order valence-electron chi connectivity index (χ1n) is 8.39. The Morgan fingerprint density at radius 1 is 1.26 bits per heavy atom. The molecule has 3 atom stereocenters. The van der Waals surface area contributed by atoms with Crippen LogP contribution in [-0.4, -0.2) is 49.8 Å². The second-order valence-electron chi connectivity index (χ2n) is 6.26. The fourth-order valence-corrected chi connectivity index (χ4v) is 3.66. The molecule has 2 saturated heterocycles. The quantitative estimate of drug-likeness (QED) is 0.801. The highest BCUT2D eigenvalue weighted by Gasteiger charge is 2.27. The first-order valence-corrected chi connectivity index (χ1v) is 8.39. The first kappa shape index (κ1) is 15.3. The molecule has 0 radical (unpaired) electrons. The van der Waals surface area contributed by atoms with E-state index in [1.165, 1.54) is 64.7 Å². The van der Waals surface area contributed by atoms with Crippen molar-refractivity contribution < 1.29 is 4.74 Å². The summed E-state index contributed by atoms with van der Waals surface area (Å²) in [6, 6.07) is 0.761. The number of rotatable bonds is 6. The van der Waals surface area contributed by atoms with Crippen LogP contribution >= 0.6 is 0 Å². The van der Waals surface area contributed by atoms with E-state index in [0.717, 1.165) is 18.6 Å². The fraction of sp³-hybridized carbons (Fsp3) is 1.00. The normalized spacial score (nSPS) is 32.7. The van der Waals surface area contributed by atoms with E-state index in [0.29, 0.717) is 6.10 Å². The second kappa shape index (κ2) is 8.23. The van der Waals surface area contributed by atoms with Crippen molar-refractivity contribution in [1.82, 2.24) is 10.2 Å². The predicted molar refractivity (Wildman–Crippen MR) is 80.5 cm³/mol. The molecule has 2 fully saturated rings. The van der Waals surface area contributed by atoms with Gasteiger partial charge in [0.2, 0.25) is 0 Å². The molecule has 3 unspecified atom stereocenters. The Balaban J connectivity index is 1.81. The molecular formula is C16H32N2O. The van der Waals surface area contributed by atoms with Crippen molar-refractivity contribution in [2.75, 3.05) is 32.8 Å².